The van der Waals surface area contributed by atoms with E-state index in [-0.39, 0.29) is 16.7 Å². The molecule has 0 unspecified atom stereocenters. The monoisotopic (exact) mass is 670 g/mol. The first kappa shape index (κ1) is 33.2. The van der Waals surface area contributed by atoms with Crippen LogP contribution in [0.3, 0.4) is 0 Å². The van der Waals surface area contributed by atoms with Crippen molar-refractivity contribution in [3.05, 3.63) is 147 Å². The highest BCUT2D eigenvalue weighted by Crippen LogP contribution is 2.35. The van der Waals surface area contributed by atoms with Gasteiger partial charge in [0.05, 0.1) is 30.5 Å². The molecule has 0 bridgehead atoms. The minimum atomic E-state index is -0.432. The average Bonchev–Trinajstić information content (AvgIpc) is 3.10. The van der Waals surface area contributed by atoms with Crippen molar-refractivity contribution in [2.45, 2.75) is 19.8 Å². The molecule has 0 aliphatic rings. The standard InChI is InChI=1S/C37H32Cl2N2O6/c1-43-34-19-27(13-15-32(34)45-22-25-9-5-3-6-10-25)24-47-36-30(38)17-28(18-31(36)39)21-40-41-37(42)29-14-16-33(35(20-29)44-2)46-23-26-11-7-4-8-12-26/h3-21H,22-24H2,1-2H3,(H,41,42)/b40-21+. The molecule has 1 amide bonds. The Morgan fingerprint density at radius 1 is 0.638 bits per heavy atom. The summed E-state index contributed by atoms with van der Waals surface area (Å²) in [6.45, 7) is 0.983. The summed E-state index contributed by atoms with van der Waals surface area (Å²) in [4.78, 5) is 12.8. The third kappa shape index (κ3) is 9.19. The van der Waals surface area contributed by atoms with E-state index in [1.54, 1.807) is 37.4 Å². The molecule has 0 aliphatic carbocycles. The highest BCUT2D eigenvalue weighted by atomic mass is 35.5. The van der Waals surface area contributed by atoms with Gasteiger partial charge in [0, 0.05) is 5.56 Å². The van der Waals surface area contributed by atoms with Gasteiger partial charge in [-0.3, -0.25) is 4.79 Å². The largest absolute Gasteiger partial charge is 0.493 e. The van der Waals surface area contributed by atoms with Crippen molar-refractivity contribution >= 4 is 35.3 Å². The quantitative estimate of drug-likeness (QED) is 0.0941. The lowest BCUT2D eigenvalue weighted by Gasteiger charge is -2.14. The lowest BCUT2D eigenvalue weighted by Crippen LogP contribution is -2.17. The van der Waals surface area contributed by atoms with Crippen LogP contribution in [0.1, 0.15) is 32.6 Å². The van der Waals surface area contributed by atoms with Crippen LogP contribution in [-0.4, -0.2) is 26.3 Å². The fourth-order valence-electron chi connectivity index (χ4n) is 4.50. The molecular formula is C37H32Cl2N2O6. The molecule has 0 saturated carbocycles. The number of halogens is 2. The van der Waals surface area contributed by atoms with E-state index in [1.165, 1.54) is 13.3 Å². The van der Waals surface area contributed by atoms with Gasteiger partial charge in [0.15, 0.2) is 28.7 Å². The van der Waals surface area contributed by atoms with E-state index < -0.39 is 5.91 Å². The van der Waals surface area contributed by atoms with E-state index in [9.17, 15) is 4.79 Å². The van der Waals surface area contributed by atoms with Crippen LogP contribution in [0.5, 0.6) is 28.7 Å². The average molecular weight is 672 g/mol. The molecule has 47 heavy (non-hydrogen) atoms. The Balaban J connectivity index is 1.16. The van der Waals surface area contributed by atoms with Gasteiger partial charge in [-0.15, -0.1) is 0 Å². The molecule has 1 N–H and O–H groups in total. The second-order valence-electron chi connectivity index (χ2n) is 10.2. The molecule has 5 aromatic rings. The van der Waals surface area contributed by atoms with Crippen LogP contribution in [0.15, 0.2) is 114 Å². The number of benzene rings is 5. The molecule has 10 heteroatoms. The molecule has 5 aromatic carbocycles. The number of nitrogens with one attached hydrogen (secondary N) is 1. The van der Waals surface area contributed by atoms with Gasteiger partial charge in [0.25, 0.3) is 5.91 Å². The summed E-state index contributed by atoms with van der Waals surface area (Å²) >= 11 is 13.0. The van der Waals surface area contributed by atoms with Gasteiger partial charge in [0.1, 0.15) is 19.8 Å². The van der Waals surface area contributed by atoms with Crippen LogP contribution in [0.25, 0.3) is 0 Å². The Bertz CT molecular complexity index is 1810. The van der Waals surface area contributed by atoms with Crippen LogP contribution in [0.4, 0.5) is 0 Å². The van der Waals surface area contributed by atoms with Crippen molar-refractivity contribution < 1.29 is 28.5 Å². The van der Waals surface area contributed by atoms with Crippen LogP contribution < -0.4 is 29.1 Å². The molecule has 0 atom stereocenters. The van der Waals surface area contributed by atoms with Crippen LogP contribution in [-0.2, 0) is 19.8 Å². The molecular weight excluding hydrogens is 639 g/mol. The summed E-state index contributed by atoms with van der Waals surface area (Å²) < 4.78 is 28.7. The van der Waals surface area contributed by atoms with E-state index >= 15 is 0 Å². The first-order valence-corrected chi connectivity index (χ1v) is 15.3. The molecule has 0 aliphatic heterocycles. The van der Waals surface area contributed by atoms with Crippen LogP contribution in [0.2, 0.25) is 10.0 Å². The Labute approximate surface area is 283 Å². The number of carbonyl (C=O) groups excluding carboxylic acids is 1. The summed E-state index contributed by atoms with van der Waals surface area (Å²) in [6, 6.07) is 33.4. The maximum atomic E-state index is 12.8. The zero-order valence-corrected chi connectivity index (χ0v) is 27.3. The van der Waals surface area contributed by atoms with Gasteiger partial charge >= 0.3 is 0 Å². The first-order chi connectivity index (χ1) is 22.9. The molecule has 0 heterocycles. The number of amides is 1. The smallest absolute Gasteiger partial charge is 0.271 e. The topological polar surface area (TPSA) is 87.6 Å². The predicted octanol–water partition coefficient (Wildman–Crippen LogP) is 8.51. The fraction of sp³-hybridized carbons (Fsp3) is 0.135. The first-order valence-electron chi connectivity index (χ1n) is 14.6. The third-order valence-electron chi connectivity index (χ3n) is 6.91. The van der Waals surface area contributed by atoms with Gasteiger partial charge in [-0.1, -0.05) is 89.9 Å². The summed E-state index contributed by atoms with van der Waals surface area (Å²) in [5.74, 6) is 2.04. The molecule has 0 aromatic heterocycles. The number of nitrogens with zero attached hydrogens (tertiary/aromatic N) is 1. The van der Waals surface area contributed by atoms with Crippen LogP contribution in [0, 0.1) is 0 Å². The lowest BCUT2D eigenvalue weighted by atomic mass is 10.2. The van der Waals surface area contributed by atoms with Crippen molar-refractivity contribution in [1.82, 2.24) is 5.43 Å². The van der Waals surface area contributed by atoms with Crippen LogP contribution >= 0.6 is 23.2 Å². The molecule has 5 rings (SSSR count). The van der Waals surface area contributed by atoms with Crippen molar-refractivity contribution in [1.29, 1.82) is 0 Å². The number of methoxy groups -OCH3 is 2. The minimum absolute atomic E-state index is 0.192. The molecule has 0 saturated heterocycles. The highest BCUT2D eigenvalue weighted by molar-refractivity contribution is 6.37. The Hall–Kier alpha value is -5.18. The third-order valence-corrected chi connectivity index (χ3v) is 7.47. The van der Waals surface area contributed by atoms with Gasteiger partial charge in [-0.25, -0.2) is 5.43 Å². The van der Waals surface area contributed by atoms with E-state index in [0.29, 0.717) is 53.1 Å². The number of carbonyl (C=O) groups is 1. The van der Waals surface area contributed by atoms with Crippen molar-refractivity contribution in [3.63, 3.8) is 0 Å². The zero-order chi connectivity index (χ0) is 33.0. The zero-order valence-electron chi connectivity index (χ0n) is 25.7. The molecule has 8 nitrogen and oxygen atoms in total. The van der Waals surface area contributed by atoms with Gasteiger partial charge in [0.2, 0.25) is 0 Å². The number of ether oxygens (including phenoxy) is 5. The maximum absolute atomic E-state index is 12.8. The van der Waals surface area contributed by atoms with Gasteiger partial charge in [-0.2, -0.15) is 5.10 Å². The SMILES string of the molecule is COc1cc(COc2c(Cl)cc(/C=N/NC(=O)c3ccc(OCc4ccccc4)c(OC)c3)cc2Cl)ccc1OCc1ccccc1. The van der Waals surface area contributed by atoms with Crippen molar-refractivity contribution in [2.75, 3.05) is 14.2 Å². The van der Waals surface area contributed by atoms with E-state index in [1.807, 2.05) is 78.9 Å². The number of hydrogen-bond acceptors (Lipinski definition) is 7. The van der Waals surface area contributed by atoms with Gasteiger partial charge in [-0.05, 0) is 64.7 Å². The van der Waals surface area contributed by atoms with E-state index in [2.05, 4.69) is 10.5 Å². The number of hydrazone groups is 1. The molecule has 0 spiro atoms. The number of hydrogen-bond donors (Lipinski definition) is 1. The van der Waals surface area contributed by atoms with Gasteiger partial charge < -0.3 is 23.7 Å². The normalized spacial score (nSPS) is 10.8. The summed E-state index contributed by atoms with van der Waals surface area (Å²) in [7, 11) is 3.10. The summed E-state index contributed by atoms with van der Waals surface area (Å²) in [5.41, 5.74) is 6.32. The number of rotatable bonds is 14. The van der Waals surface area contributed by atoms with E-state index in [4.69, 9.17) is 46.9 Å². The second kappa shape index (κ2) is 16.4. The Morgan fingerprint density at radius 3 is 1.74 bits per heavy atom. The predicted molar refractivity (Wildman–Crippen MR) is 183 cm³/mol. The Kier molecular flexibility index (Phi) is 11.6. The fourth-order valence-corrected chi connectivity index (χ4v) is 5.11. The lowest BCUT2D eigenvalue weighted by molar-refractivity contribution is 0.0954. The molecule has 240 valence electrons. The maximum Gasteiger partial charge on any atom is 0.271 e. The Morgan fingerprint density at radius 2 is 1.17 bits per heavy atom. The second-order valence-corrected chi connectivity index (χ2v) is 11.0. The summed E-state index contributed by atoms with van der Waals surface area (Å²) in [6.07, 6.45) is 1.44. The minimum Gasteiger partial charge on any atom is -0.493 e. The van der Waals surface area contributed by atoms with Crippen molar-refractivity contribution in [3.8, 4) is 28.7 Å². The highest BCUT2D eigenvalue weighted by Gasteiger charge is 2.13. The summed E-state index contributed by atoms with van der Waals surface area (Å²) in [5, 5.41) is 4.63. The molecule has 0 fully saturated rings. The van der Waals surface area contributed by atoms with E-state index in [0.717, 1.165) is 16.7 Å². The molecule has 0 radical (unpaired) electrons. The van der Waals surface area contributed by atoms with Crippen molar-refractivity contribution in [2.24, 2.45) is 5.10 Å².